The van der Waals surface area contributed by atoms with Crippen molar-refractivity contribution >= 4 is 17.7 Å². The van der Waals surface area contributed by atoms with Crippen LogP contribution in [-0.2, 0) is 41.3 Å². The van der Waals surface area contributed by atoms with E-state index in [1.54, 1.807) is 10.7 Å². The zero-order valence-electron chi connectivity index (χ0n) is 17.7. The Morgan fingerprint density at radius 1 is 1.10 bits per heavy atom. The molecule has 0 radical (unpaired) electrons. The van der Waals surface area contributed by atoms with E-state index < -0.39 is 0 Å². The number of thioether (sulfide) groups is 1. The molecule has 3 aliphatic rings. The minimum atomic E-state index is -0.377. The lowest BCUT2D eigenvalue weighted by molar-refractivity contribution is -0.147. The van der Waals surface area contributed by atoms with Gasteiger partial charge < -0.3 is 9.64 Å². The number of nitrogens with zero attached hydrogens (tertiary/aromatic N) is 4. The number of aryl methyl sites for hydroxylation is 1. The van der Waals surface area contributed by atoms with Gasteiger partial charge >= 0.3 is 0 Å². The van der Waals surface area contributed by atoms with Gasteiger partial charge in [0.15, 0.2) is 0 Å². The molecule has 1 unspecified atom stereocenters. The number of aromatic nitrogens is 2. The molecule has 4 heterocycles. The molecule has 1 atom stereocenters. The molecule has 164 valence electrons. The normalized spacial score (nSPS) is 21.4. The number of benzene rings is 1. The Balaban J connectivity index is 1.13. The molecule has 0 N–H and O–H groups in total. The third-order valence-electron chi connectivity index (χ3n) is 6.46. The lowest BCUT2D eigenvalue weighted by Gasteiger charge is -2.37. The summed E-state index contributed by atoms with van der Waals surface area (Å²) < 4.78 is 7.47. The van der Waals surface area contributed by atoms with Crippen molar-refractivity contribution in [3.8, 4) is 0 Å². The molecule has 0 spiro atoms. The Hall–Kier alpha value is -2.16. The summed E-state index contributed by atoms with van der Waals surface area (Å²) in [5, 5.41) is 4.60. The molecule has 1 fully saturated rings. The van der Waals surface area contributed by atoms with Crippen molar-refractivity contribution in [3.63, 3.8) is 0 Å². The van der Waals surface area contributed by atoms with Crippen LogP contribution in [0.25, 0.3) is 0 Å². The third kappa shape index (κ3) is 4.56. The van der Waals surface area contributed by atoms with Crippen molar-refractivity contribution in [2.24, 2.45) is 0 Å². The maximum Gasteiger partial charge on any atom is 0.267 e. The Bertz CT molecular complexity index is 1020. The predicted molar refractivity (Wildman–Crippen MR) is 120 cm³/mol. The highest BCUT2D eigenvalue weighted by molar-refractivity contribution is 7.98. The van der Waals surface area contributed by atoms with Crippen LogP contribution in [0.4, 0.5) is 0 Å². The molecular weight excluding hydrogens is 412 g/mol. The maximum atomic E-state index is 13.0. The molecule has 1 amide bonds. The third-order valence-corrected chi connectivity index (χ3v) is 7.46. The van der Waals surface area contributed by atoms with Crippen LogP contribution in [0.2, 0.25) is 0 Å². The summed E-state index contributed by atoms with van der Waals surface area (Å²) in [5.74, 6) is 2.06. The van der Waals surface area contributed by atoms with Gasteiger partial charge in [0.05, 0.1) is 18.8 Å². The molecule has 0 bridgehead atoms. The topological polar surface area (TPSA) is 67.7 Å². The van der Waals surface area contributed by atoms with Crippen LogP contribution in [-0.4, -0.2) is 70.1 Å². The lowest BCUT2D eigenvalue weighted by atomic mass is 9.98. The Morgan fingerprint density at radius 2 is 1.90 bits per heavy atom. The first-order valence-electron chi connectivity index (χ1n) is 11.0. The second kappa shape index (κ2) is 9.14. The van der Waals surface area contributed by atoms with Gasteiger partial charge in [-0.25, -0.2) is 4.68 Å². The first kappa shape index (κ1) is 20.7. The number of piperazine rings is 1. The van der Waals surface area contributed by atoms with Gasteiger partial charge in [0.25, 0.3) is 11.5 Å². The monoisotopic (exact) mass is 440 g/mol. The minimum absolute atomic E-state index is 0.00945. The minimum Gasteiger partial charge on any atom is -0.363 e. The quantitative estimate of drug-likeness (QED) is 0.714. The van der Waals surface area contributed by atoms with E-state index in [-0.39, 0.29) is 17.6 Å². The maximum absolute atomic E-state index is 13.0. The second-order valence-electron chi connectivity index (χ2n) is 8.42. The molecule has 8 heteroatoms. The van der Waals surface area contributed by atoms with Gasteiger partial charge in [-0.1, -0.05) is 24.3 Å². The Labute approximate surface area is 186 Å². The van der Waals surface area contributed by atoms with Gasteiger partial charge in [0, 0.05) is 57.4 Å². The number of hydrogen-bond acceptors (Lipinski definition) is 6. The van der Waals surface area contributed by atoms with Crippen LogP contribution in [0, 0.1) is 0 Å². The van der Waals surface area contributed by atoms with E-state index in [2.05, 4.69) is 22.1 Å². The average molecular weight is 441 g/mol. The summed E-state index contributed by atoms with van der Waals surface area (Å²) in [7, 11) is 0. The summed E-state index contributed by atoms with van der Waals surface area (Å²) in [4.78, 5) is 29.6. The fraction of sp³-hybridized carbons (Fsp3) is 0.522. The van der Waals surface area contributed by atoms with E-state index >= 15 is 0 Å². The van der Waals surface area contributed by atoms with Crippen molar-refractivity contribution < 1.29 is 9.53 Å². The zero-order valence-corrected chi connectivity index (χ0v) is 18.5. The summed E-state index contributed by atoms with van der Waals surface area (Å²) in [5.41, 5.74) is 4.55. The van der Waals surface area contributed by atoms with Crippen LogP contribution < -0.4 is 5.56 Å². The molecule has 1 aromatic heterocycles. The van der Waals surface area contributed by atoms with Crippen LogP contribution >= 0.6 is 11.8 Å². The number of ether oxygens (including phenoxy) is 1. The van der Waals surface area contributed by atoms with Gasteiger partial charge in [-0.3, -0.25) is 14.5 Å². The summed E-state index contributed by atoms with van der Waals surface area (Å²) >= 11 is 1.86. The molecule has 1 aromatic carbocycles. The number of hydrogen-bond donors (Lipinski definition) is 0. The van der Waals surface area contributed by atoms with Crippen LogP contribution in [0.15, 0.2) is 35.1 Å². The van der Waals surface area contributed by atoms with Gasteiger partial charge in [0.2, 0.25) is 0 Å². The second-order valence-corrected chi connectivity index (χ2v) is 9.52. The molecule has 2 aromatic rings. The van der Waals surface area contributed by atoms with Crippen LogP contribution in [0.5, 0.6) is 0 Å². The molecule has 5 rings (SSSR count). The van der Waals surface area contributed by atoms with E-state index in [0.717, 1.165) is 48.8 Å². The van der Waals surface area contributed by atoms with E-state index in [9.17, 15) is 9.59 Å². The van der Waals surface area contributed by atoms with Crippen molar-refractivity contribution in [2.75, 3.05) is 38.5 Å². The van der Waals surface area contributed by atoms with E-state index in [4.69, 9.17) is 4.74 Å². The largest absolute Gasteiger partial charge is 0.363 e. The first-order chi connectivity index (χ1) is 15.2. The number of rotatable bonds is 4. The van der Waals surface area contributed by atoms with E-state index in [0.29, 0.717) is 32.7 Å². The molecule has 3 aliphatic heterocycles. The van der Waals surface area contributed by atoms with Gasteiger partial charge in [-0.2, -0.15) is 16.9 Å². The summed E-state index contributed by atoms with van der Waals surface area (Å²) in [6.07, 6.45) is 1.22. The fourth-order valence-corrected chi connectivity index (χ4v) is 5.50. The summed E-state index contributed by atoms with van der Waals surface area (Å²) in [6, 6.07) is 9.94. The predicted octanol–water partition coefficient (Wildman–Crippen LogP) is 1.32. The molecule has 7 nitrogen and oxygen atoms in total. The number of carbonyl (C=O) groups excluding carboxylic acids is 1. The average Bonchev–Trinajstić information content (AvgIpc) is 2.82. The van der Waals surface area contributed by atoms with Crippen LogP contribution in [0.1, 0.15) is 22.4 Å². The highest BCUT2D eigenvalue weighted by Gasteiger charge is 2.31. The lowest BCUT2D eigenvalue weighted by Crippen LogP contribution is -2.53. The van der Waals surface area contributed by atoms with E-state index in [1.807, 2.05) is 28.8 Å². The van der Waals surface area contributed by atoms with Crippen LogP contribution in [0.3, 0.4) is 0 Å². The van der Waals surface area contributed by atoms with Crippen molar-refractivity contribution in [3.05, 3.63) is 63.1 Å². The number of amides is 1. The van der Waals surface area contributed by atoms with Crippen molar-refractivity contribution in [1.29, 1.82) is 0 Å². The smallest absolute Gasteiger partial charge is 0.267 e. The fourth-order valence-electron chi connectivity index (χ4n) is 4.55. The SMILES string of the molecule is O=C(C1Cc2ccccc2CO1)N1CCN(CCn2nc3c(cc2=O)CSCC3)CC1. The number of fused-ring (bicyclic) bond motifs is 2. The van der Waals surface area contributed by atoms with Gasteiger partial charge in [0.1, 0.15) is 6.10 Å². The number of carbonyl (C=O) groups is 1. The standard InChI is InChI=1S/C23H28N4O3S/c28-22-14-19-16-31-12-5-20(19)24-27(22)11-8-25-6-9-26(10-7-25)23(29)21-13-17-3-1-2-4-18(17)15-30-21/h1-4,14,21H,5-13,15-16H2. The van der Waals surface area contributed by atoms with Crippen molar-refractivity contribution in [2.45, 2.75) is 37.9 Å². The molecular formula is C23H28N4O3S. The molecule has 1 saturated heterocycles. The first-order valence-corrected chi connectivity index (χ1v) is 12.2. The Morgan fingerprint density at radius 3 is 2.74 bits per heavy atom. The summed E-state index contributed by atoms with van der Waals surface area (Å²) in [6.45, 7) is 4.89. The molecule has 31 heavy (non-hydrogen) atoms. The van der Waals surface area contributed by atoms with E-state index in [1.165, 1.54) is 11.1 Å². The van der Waals surface area contributed by atoms with Gasteiger partial charge in [-0.05, 0) is 22.4 Å². The van der Waals surface area contributed by atoms with Crippen molar-refractivity contribution in [1.82, 2.24) is 19.6 Å². The van der Waals surface area contributed by atoms with Gasteiger partial charge in [-0.15, -0.1) is 0 Å². The Kier molecular flexibility index (Phi) is 6.11. The zero-order chi connectivity index (χ0) is 21.2. The molecule has 0 aliphatic carbocycles. The highest BCUT2D eigenvalue weighted by atomic mass is 32.2. The molecule has 0 saturated carbocycles. The highest BCUT2D eigenvalue weighted by Crippen LogP contribution is 2.22.